The van der Waals surface area contributed by atoms with E-state index in [1.807, 2.05) is 0 Å². The van der Waals surface area contributed by atoms with Crippen LogP contribution in [0.3, 0.4) is 0 Å². The molecule has 118 valence electrons. The molecule has 0 bridgehead atoms. The first-order valence-electron chi connectivity index (χ1n) is 6.19. The van der Waals surface area contributed by atoms with E-state index in [1.165, 1.54) is 13.1 Å². The van der Waals surface area contributed by atoms with Crippen molar-refractivity contribution in [3.63, 3.8) is 0 Å². The molecule has 0 spiro atoms. The largest absolute Gasteiger partial charge is 0.452 e. The van der Waals surface area contributed by atoms with E-state index >= 15 is 0 Å². The van der Waals surface area contributed by atoms with Crippen molar-refractivity contribution in [3.8, 4) is 0 Å². The Labute approximate surface area is 137 Å². The van der Waals surface area contributed by atoms with Crippen LogP contribution in [0.5, 0.6) is 0 Å². The van der Waals surface area contributed by atoms with Crippen LogP contribution in [-0.4, -0.2) is 38.0 Å². The Kier molecular flexibility index (Phi) is 7.42. The van der Waals surface area contributed by atoms with Crippen molar-refractivity contribution in [2.45, 2.75) is 0 Å². The Morgan fingerprint density at radius 3 is 2.55 bits per heavy atom. The average molecular weight is 345 g/mol. The predicted octanol–water partition coefficient (Wildman–Crippen LogP) is 1.41. The monoisotopic (exact) mass is 344 g/mol. The van der Waals surface area contributed by atoms with E-state index in [9.17, 15) is 14.4 Å². The van der Waals surface area contributed by atoms with Crippen molar-refractivity contribution in [3.05, 3.63) is 39.9 Å². The minimum atomic E-state index is -0.693. The van der Waals surface area contributed by atoms with Gasteiger partial charge in [-0.3, -0.25) is 9.59 Å². The lowest BCUT2D eigenvalue weighted by Crippen LogP contribution is -2.37. The lowest BCUT2D eigenvalue weighted by Gasteiger charge is -2.04. The third-order valence-corrected chi connectivity index (χ3v) is 3.17. The zero-order valence-corrected chi connectivity index (χ0v) is 13.2. The second kappa shape index (κ2) is 9.07. The molecule has 0 radical (unpaired) electrons. The number of amides is 2. The number of esters is 1. The second-order valence-corrected chi connectivity index (χ2v) is 4.88. The highest BCUT2D eigenvalue weighted by molar-refractivity contribution is 6.42. The van der Waals surface area contributed by atoms with Crippen molar-refractivity contribution in [2.24, 2.45) is 0 Å². The molecule has 0 aromatic heterocycles. The molecule has 8 heteroatoms. The molecule has 0 saturated carbocycles. The first-order chi connectivity index (χ1) is 10.4. The number of nitrogens with one attached hydrogen (secondary N) is 2. The summed E-state index contributed by atoms with van der Waals surface area (Å²) in [7, 11) is 1.45. The van der Waals surface area contributed by atoms with Gasteiger partial charge in [-0.25, -0.2) is 4.79 Å². The molecule has 0 atom stereocenters. The molecule has 1 rings (SSSR count). The van der Waals surface area contributed by atoms with Crippen LogP contribution < -0.4 is 10.6 Å². The molecule has 22 heavy (non-hydrogen) atoms. The molecule has 0 fully saturated rings. The Hall–Kier alpha value is -2.05. The van der Waals surface area contributed by atoms with Crippen molar-refractivity contribution >= 4 is 47.1 Å². The highest BCUT2D eigenvalue weighted by Gasteiger charge is 2.06. The van der Waals surface area contributed by atoms with Crippen LogP contribution in [0.4, 0.5) is 0 Å². The average Bonchev–Trinajstić information content (AvgIpc) is 2.51. The zero-order chi connectivity index (χ0) is 16.5. The van der Waals surface area contributed by atoms with E-state index in [0.29, 0.717) is 15.6 Å². The number of hydrogen-bond acceptors (Lipinski definition) is 4. The lowest BCUT2D eigenvalue weighted by molar-refractivity contribution is -0.143. The second-order valence-electron chi connectivity index (χ2n) is 4.06. The van der Waals surface area contributed by atoms with Gasteiger partial charge in [-0.2, -0.15) is 0 Å². The standard InChI is InChI=1S/C14H14Cl2N2O4/c1-17-12(19)7-18-13(20)8-22-14(21)5-3-9-2-4-10(15)11(16)6-9/h2-6H,7-8H2,1H3,(H,17,19)(H,18,20)/b5-3+. The molecule has 0 aliphatic carbocycles. The Morgan fingerprint density at radius 2 is 1.91 bits per heavy atom. The number of carbonyl (C=O) groups is 3. The fraction of sp³-hybridized carbons (Fsp3) is 0.214. The molecule has 0 aliphatic heterocycles. The summed E-state index contributed by atoms with van der Waals surface area (Å²) in [5, 5.41) is 5.41. The van der Waals surface area contributed by atoms with Crippen molar-refractivity contribution in [1.82, 2.24) is 10.6 Å². The summed E-state index contributed by atoms with van der Waals surface area (Å²) in [5.41, 5.74) is 0.662. The first kappa shape index (κ1) is 18.0. The van der Waals surface area contributed by atoms with Gasteiger partial charge in [-0.05, 0) is 23.8 Å². The number of likely N-dealkylation sites (N-methyl/N-ethyl adjacent to an activating group) is 1. The van der Waals surface area contributed by atoms with Crippen LogP contribution in [0.2, 0.25) is 10.0 Å². The van der Waals surface area contributed by atoms with Crippen LogP contribution in [0.25, 0.3) is 6.08 Å². The highest BCUT2D eigenvalue weighted by Crippen LogP contribution is 2.23. The van der Waals surface area contributed by atoms with Gasteiger partial charge < -0.3 is 15.4 Å². The van der Waals surface area contributed by atoms with E-state index in [4.69, 9.17) is 27.9 Å². The quantitative estimate of drug-likeness (QED) is 0.603. The third-order valence-electron chi connectivity index (χ3n) is 2.43. The Morgan fingerprint density at radius 1 is 1.18 bits per heavy atom. The Balaban J connectivity index is 2.39. The number of rotatable bonds is 6. The molecule has 0 aliphatic rings. The first-order valence-corrected chi connectivity index (χ1v) is 6.95. The summed E-state index contributed by atoms with van der Waals surface area (Å²) in [6.07, 6.45) is 2.64. The summed E-state index contributed by atoms with van der Waals surface area (Å²) in [5.74, 6) is -1.61. The summed E-state index contributed by atoms with van der Waals surface area (Å²) in [4.78, 5) is 33.6. The maximum Gasteiger partial charge on any atom is 0.331 e. The van der Waals surface area contributed by atoms with E-state index in [2.05, 4.69) is 10.6 Å². The van der Waals surface area contributed by atoms with Gasteiger partial charge in [0.15, 0.2) is 6.61 Å². The summed E-state index contributed by atoms with van der Waals surface area (Å²) in [6, 6.07) is 4.86. The van der Waals surface area contributed by atoms with Crippen molar-refractivity contribution in [1.29, 1.82) is 0 Å². The number of carbonyl (C=O) groups excluding carboxylic acids is 3. The maximum absolute atomic E-state index is 11.4. The number of benzene rings is 1. The zero-order valence-electron chi connectivity index (χ0n) is 11.7. The molecule has 0 unspecified atom stereocenters. The molecule has 2 N–H and O–H groups in total. The number of ether oxygens (including phenoxy) is 1. The summed E-state index contributed by atoms with van der Waals surface area (Å²) >= 11 is 11.6. The fourth-order valence-electron chi connectivity index (χ4n) is 1.28. The van der Waals surface area contributed by atoms with E-state index in [1.54, 1.807) is 18.2 Å². The molecule has 2 amide bonds. The van der Waals surface area contributed by atoms with Crippen LogP contribution in [0.1, 0.15) is 5.56 Å². The van der Waals surface area contributed by atoms with Crippen molar-refractivity contribution in [2.75, 3.05) is 20.2 Å². The molecule has 0 saturated heterocycles. The maximum atomic E-state index is 11.4. The van der Waals surface area contributed by atoms with Gasteiger partial charge in [0.2, 0.25) is 5.91 Å². The van der Waals surface area contributed by atoms with Crippen molar-refractivity contribution < 1.29 is 19.1 Å². The minimum absolute atomic E-state index is 0.175. The summed E-state index contributed by atoms with van der Waals surface area (Å²) in [6.45, 7) is -0.645. The molecule has 0 heterocycles. The van der Waals surface area contributed by atoms with E-state index < -0.39 is 18.5 Å². The topological polar surface area (TPSA) is 84.5 Å². The lowest BCUT2D eigenvalue weighted by atomic mass is 10.2. The van der Waals surface area contributed by atoms with Crippen LogP contribution in [0.15, 0.2) is 24.3 Å². The SMILES string of the molecule is CNC(=O)CNC(=O)COC(=O)/C=C/c1ccc(Cl)c(Cl)c1. The summed E-state index contributed by atoms with van der Waals surface area (Å²) < 4.78 is 4.72. The molecule has 1 aromatic carbocycles. The van der Waals surface area contributed by atoms with Crippen LogP contribution >= 0.6 is 23.2 Å². The molecule has 1 aromatic rings. The normalized spacial score (nSPS) is 10.3. The van der Waals surface area contributed by atoms with Crippen LogP contribution in [0, 0.1) is 0 Å². The van der Waals surface area contributed by atoms with Gasteiger partial charge in [-0.1, -0.05) is 29.3 Å². The third kappa shape index (κ3) is 6.60. The molecular weight excluding hydrogens is 331 g/mol. The molecule has 6 nitrogen and oxygen atoms in total. The molecular formula is C14H14Cl2N2O4. The predicted molar refractivity (Wildman–Crippen MR) is 83.5 cm³/mol. The van der Waals surface area contributed by atoms with Gasteiger partial charge in [0.1, 0.15) is 0 Å². The van der Waals surface area contributed by atoms with E-state index in [-0.39, 0.29) is 12.5 Å². The Bertz CT molecular complexity index is 603. The highest BCUT2D eigenvalue weighted by atomic mass is 35.5. The van der Waals surface area contributed by atoms with Gasteiger partial charge in [0.05, 0.1) is 16.6 Å². The number of hydrogen-bond donors (Lipinski definition) is 2. The van der Waals surface area contributed by atoms with E-state index in [0.717, 1.165) is 6.08 Å². The van der Waals surface area contributed by atoms with Gasteiger partial charge in [-0.15, -0.1) is 0 Å². The smallest absolute Gasteiger partial charge is 0.331 e. The number of halogens is 2. The van der Waals surface area contributed by atoms with Gasteiger partial charge >= 0.3 is 5.97 Å². The minimum Gasteiger partial charge on any atom is -0.452 e. The fourth-order valence-corrected chi connectivity index (χ4v) is 1.59. The van der Waals surface area contributed by atoms with Gasteiger partial charge in [0, 0.05) is 13.1 Å². The van der Waals surface area contributed by atoms with Gasteiger partial charge in [0.25, 0.3) is 5.91 Å². The van der Waals surface area contributed by atoms with Crippen LogP contribution in [-0.2, 0) is 19.1 Å².